The molecule has 6 heteroatoms. The number of nitrogens with zero attached hydrogens (tertiary/aromatic N) is 1. The van der Waals surface area contributed by atoms with E-state index in [0.29, 0.717) is 24.7 Å². The van der Waals surface area contributed by atoms with Crippen LogP contribution in [0.4, 0.5) is 0 Å². The smallest absolute Gasteiger partial charge is 0.320 e. The molecule has 112 valence electrons. The third-order valence-electron chi connectivity index (χ3n) is 3.35. The highest BCUT2D eigenvalue weighted by atomic mass is 35.5. The van der Waals surface area contributed by atoms with Gasteiger partial charge in [0.15, 0.2) is 11.5 Å². The van der Waals surface area contributed by atoms with Gasteiger partial charge in [-0.25, -0.2) is 0 Å². The van der Waals surface area contributed by atoms with Gasteiger partial charge in [-0.1, -0.05) is 12.1 Å². The van der Waals surface area contributed by atoms with Crippen LogP contribution in [0.25, 0.3) is 0 Å². The van der Waals surface area contributed by atoms with Crippen molar-refractivity contribution in [3.05, 3.63) is 24.3 Å². The second-order valence-electron chi connectivity index (χ2n) is 4.53. The fraction of sp³-hybridized carbons (Fsp3) is 0.500. The van der Waals surface area contributed by atoms with E-state index in [1.807, 2.05) is 29.2 Å². The number of aliphatic carboxylic acids is 1. The molecule has 0 aliphatic carbocycles. The molecule has 0 saturated carbocycles. The second kappa shape index (κ2) is 7.97. The predicted molar refractivity (Wildman–Crippen MR) is 78.0 cm³/mol. The van der Waals surface area contributed by atoms with E-state index >= 15 is 0 Å². The zero-order chi connectivity index (χ0) is 13.7. The minimum Gasteiger partial charge on any atom is -0.493 e. The van der Waals surface area contributed by atoms with Gasteiger partial charge in [-0.15, -0.1) is 12.4 Å². The average Bonchev–Trinajstić information content (AvgIpc) is 2.88. The lowest BCUT2D eigenvalue weighted by Crippen LogP contribution is -2.38. The molecule has 1 fully saturated rings. The Labute approximate surface area is 124 Å². The minimum atomic E-state index is -0.741. The van der Waals surface area contributed by atoms with Gasteiger partial charge in [-0.3, -0.25) is 9.69 Å². The summed E-state index contributed by atoms with van der Waals surface area (Å²) in [7, 11) is 1.60. The van der Waals surface area contributed by atoms with Gasteiger partial charge in [0.25, 0.3) is 0 Å². The number of likely N-dealkylation sites (tertiary alicyclic amines) is 1. The van der Waals surface area contributed by atoms with Gasteiger partial charge in [0.05, 0.1) is 7.11 Å². The maximum absolute atomic E-state index is 11.0. The van der Waals surface area contributed by atoms with Crippen molar-refractivity contribution in [2.24, 2.45) is 0 Å². The summed E-state index contributed by atoms with van der Waals surface area (Å²) >= 11 is 0. The van der Waals surface area contributed by atoms with Crippen LogP contribution in [-0.4, -0.2) is 48.8 Å². The van der Waals surface area contributed by atoms with Gasteiger partial charge in [0, 0.05) is 6.54 Å². The van der Waals surface area contributed by atoms with E-state index in [1.54, 1.807) is 7.11 Å². The average molecular weight is 302 g/mol. The number of ether oxygens (including phenoxy) is 2. The Morgan fingerprint density at radius 2 is 2.10 bits per heavy atom. The quantitative estimate of drug-likeness (QED) is 0.871. The molecule has 0 radical (unpaired) electrons. The van der Waals surface area contributed by atoms with Crippen LogP contribution >= 0.6 is 12.4 Å². The molecule has 2 rings (SSSR count). The SMILES string of the molecule is COc1ccccc1OCCN1CCCC1C(=O)O.Cl. The molecular weight excluding hydrogens is 282 g/mol. The summed E-state index contributed by atoms with van der Waals surface area (Å²) in [6, 6.07) is 7.09. The van der Waals surface area contributed by atoms with E-state index in [1.165, 1.54) is 0 Å². The topological polar surface area (TPSA) is 59.0 Å². The van der Waals surface area contributed by atoms with Crippen molar-refractivity contribution in [3.8, 4) is 11.5 Å². The maximum atomic E-state index is 11.0. The molecule has 1 aliphatic heterocycles. The number of carbonyl (C=O) groups is 1. The molecule has 0 bridgehead atoms. The zero-order valence-electron chi connectivity index (χ0n) is 11.4. The Hall–Kier alpha value is -1.46. The lowest BCUT2D eigenvalue weighted by atomic mass is 10.2. The van der Waals surface area contributed by atoms with Gasteiger partial charge < -0.3 is 14.6 Å². The number of benzene rings is 1. The number of hydrogen-bond acceptors (Lipinski definition) is 4. The van der Waals surface area contributed by atoms with E-state index in [4.69, 9.17) is 14.6 Å². The molecule has 1 atom stereocenters. The molecular formula is C14H20ClNO4. The summed E-state index contributed by atoms with van der Waals surface area (Å²) in [6.45, 7) is 1.91. The molecule has 1 N–H and O–H groups in total. The molecule has 0 amide bonds. The van der Waals surface area contributed by atoms with Crippen molar-refractivity contribution in [3.63, 3.8) is 0 Å². The molecule has 0 spiro atoms. The Kier molecular flexibility index (Phi) is 6.61. The van der Waals surface area contributed by atoms with Crippen LogP contribution in [0.2, 0.25) is 0 Å². The molecule has 20 heavy (non-hydrogen) atoms. The van der Waals surface area contributed by atoms with E-state index in [9.17, 15) is 4.79 Å². The lowest BCUT2D eigenvalue weighted by molar-refractivity contribution is -0.142. The van der Waals surface area contributed by atoms with Crippen molar-refractivity contribution >= 4 is 18.4 Å². The number of para-hydroxylation sites is 2. The van der Waals surface area contributed by atoms with Crippen LogP contribution in [0.5, 0.6) is 11.5 Å². The highest BCUT2D eigenvalue weighted by Crippen LogP contribution is 2.26. The van der Waals surface area contributed by atoms with Gasteiger partial charge >= 0.3 is 5.97 Å². The number of carboxylic acids is 1. The third kappa shape index (κ3) is 4.02. The Bertz CT molecular complexity index is 441. The first-order chi connectivity index (χ1) is 9.22. The van der Waals surface area contributed by atoms with E-state index in [-0.39, 0.29) is 18.4 Å². The van der Waals surface area contributed by atoms with E-state index < -0.39 is 5.97 Å². The van der Waals surface area contributed by atoms with E-state index in [2.05, 4.69) is 0 Å². The summed E-state index contributed by atoms with van der Waals surface area (Å²) in [6.07, 6.45) is 1.66. The highest BCUT2D eigenvalue weighted by molar-refractivity contribution is 5.85. The van der Waals surface area contributed by atoms with Crippen molar-refractivity contribution < 1.29 is 19.4 Å². The summed E-state index contributed by atoms with van der Waals surface area (Å²) in [5.74, 6) is 0.643. The Balaban J connectivity index is 0.00000200. The Morgan fingerprint density at radius 3 is 2.75 bits per heavy atom. The van der Waals surface area contributed by atoms with Crippen LogP contribution in [0.3, 0.4) is 0 Å². The van der Waals surface area contributed by atoms with Gasteiger partial charge in [0.2, 0.25) is 0 Å². The summed E-state index contributed by atoms with van der Waals surface area (Å²) < 4.78 is 10.9. The van der Waals surface area contributed by atoms with Crippen molar-refractivity contribution in [2.45, 2.75) is 18.9 Å². The van der Waals surface area contributed by atoms with Crippen molar-refractivity contribution in [1.82, 2.24) is 4.90 Å². The Morgan fingerprint density at radius 1 is 1.40 bits per heavy atom. The molecule has 1 aliphatic rings. The number of halogens is 1. The standard InChI is InChI=1S/C14H19NO4.ClH/c1-18-12-6-2-3-7-13(12)19-10-9-15-8-4-5-11(15)14(16)17;/h2-3,6-7,11H,4-5,8-10H2,1H3,(H,16,17);1H. The molecule has 1 unspecified atom stereocenters. The monoisotopic (exact) mass is 301 g/mol. The normalized spacial score (nSPS) is 18.4. The fourth-order valence-corrected chi connectivity index (χ4v) is 2.38. The number of rotatable bonds is 6. The summed E-state index contributed by atoms with van der Waals surface area (Å²) in [4.78, 5) is 13.0. The first kappa shape index (κ1) is 16.6. The number of hydrogen-bond donors (Lipinski definition) is 1. The van der Waals surface area contributed by atoms with Crippen LogP contribution < -0.4 is 9.47 Å². The van der Waals surface area contributed by atoms with Crippen LogP contribution in [0, 0.1) is 0 Å². The van der Waals surface area contributed by atoms with Gasteiger partial charge in [-0.05, 0) is 31.5 Å². The number of methoxy groups -OCH3 is 1. The molecule has 5 nitrogen and oxygen atoms in total. The van der Waals surface area contributed by atoms with E-state index in [0.717, 1.165) is 19.4 Å². The zero-order valence-corrected chi connectivity index (χ0v) is 12.3. The molecule has 1 saturated heterocycles. The predicted octanol–water partition coefficient (Wildman–Crippen LogP) is 2.04. The van der Waals surface area contributed by atoms with Crippen molar-refractivity contribution in [2.75, 3.05) is 26.8 Å². The summed E-state index contributed by atoms with van der Waals surface area (Å²) in [5, 5.41) is 9.08. The minimum absolute atomic E-state index is 0. The van der Waals surface area contributed by atoms with Crippen LogP contribution in [0.15, 0.2) is 24.3 Å². The fourth-order valence-electron chi connectivity index (χ4n) is 2.38. The third-order valence-corrected chi connectivity index (χ3v) is 3.35. The second-order valence-corrected chi connectivity index (χ2v) is 4.53. The number of carboxylic acid groups (broad SMARTS) is 1. The van der Waals surface area contributed by atoms with Crippen LogP contribution in [0.1, 0.15) is 12.8 Å². The highest BCUT2D eigenvalue weighted by Gasteiger charge is 2.29. The van der Waals surface area contributed by atoms with Crippen molar-refractivity contribution in [1.29, 1.82) is 0 Å². The van der Waals surface area contributed by atoms with Gasteiger partial charge in [0.1, 0.15) is 12.6 Å². The largest absolute Gasteiger partial charge is 0.493 e. The van der Waals surface area contributed by atoms with Crippen LogP contribution in [-0.2, 0) is 4.79 Å². The molecule has 0 aromatic heterocycles. The molecule has 1 aromatic carbocycles. The van der Waals surface area contributed by atoms with Gasteiger partial charge in [-0.2, -0.15) is 0 Å². The molecule has 1 heterocycles. The summed E-state index contributed by atoms with van der Waals surface area (Å²) in [5.41, 5.74) is 0. The lowest BCUT2D eigenvalue weighted by Gasteiger charge is -2.21. The maximum Gasteiger partial charge on any atom is 0.320 e. The molecule has 1 aromatic rings. The first-order valence-corrected chi connectivity index (χ1v) is 6.45. The first-order valence-electron chi connectivity index (χ1n) is 6.45.